The lowest BCUT2D eigenvalue weighted by Gasteiger charge is -2.30. The van der Waals surface area contributed by atoms with Crippen molar-refractivity contribution < 1.29 is 14.3 Å². The zero-order chi connectivity index (χ0) is 16.0. The molecule has 4 heterocycles. The van der Waals surface area contributed by atoms with E-state index >= 15 is 0 Å². The van der Waals surface area contributed by atoms with E-state index in [1.165, 1.54) is 0 Å². The molecule has 2 atom stereocenters. The quantitative estimate of drug-likeness (QED) is 0.916. The number of amides is 3. The van der Waals surface area contributed by atoms with Gasteiger partial charge in [0.05, 0.1) is 30.0 Å². The van der Waals surface area contributed by atoms with Crippen molar-refractivity contribution in [1.29, 1.82) is 0 Å². The Bertz CT molecular complexity index is 664. The second-order valence-corrected chi connectivity index (χ2v) is 6.96. The first-order chi connectivity index (χ1) is 11.1. The maximum absolute atomic E-state index is 12.9. The molecule has 1 N–H and O–H groups in total. The number of nitrogens with zero attached hydrogens (tertiary/aromatic N) is 2. The van der Waals surface area contributed by atoms with E-state index in [9.17, 15) is 9.59 Å². The number of hydrogen-bond acceptors (Lipinski definition) is 4. The molecule has 3 amide bonds. The first kappa shape index (κ1) is 14.7. The van der Waals surface area contributed by atoms with Gasteiger partial charge in [0.2, 0.25) is 0 Å². The zero-order valence-corrected chi connectivity index (χ0v) is 13.8. The molecule has 1 aromatic rings. The summed E-state index contributed by atoms with van der Waals surface area (Å²) in [6, 6.07) is 1.45. The number of likely N-dealkylation sites (N-methyl/N-ethyl adjacent to an activating group) is 1. The Hall–Kier alpha value is -1.86. The van der Waals surface area contributed by atoms with E-state index in [4.69, 9.17) is 4.74 Å². The Morgan fingerprint density at radius 2 is 2.30 bits per heavy atom. The number of ether oxygens (including phenoxy) is 1. The standard InChI is InChI=1S/C16H19N3O3S/c1-18-12-8-19(7-11-3-2-5-22-11)15(20)13(12)14(17-16(18)21)10-4-6-23-9-10/h4,6,9,11,14H,2-3,5,7-8H2,1H3,(H,17,21). The van der Waals surface area contributed by atoms with Crippen LogP contribution in [0.2, 0.25) is 0 Å². The molecule has 1 fully saturated rings. The molecule has 3 aliphatic rings. The van der Waals surface area contributed by atoms with Crippen LogP contribution < -0.4 is 5.32 Å². The highest BCUT2D eigenvalue weighted by atomic mass is 32.1. The van der Waals surface area contributed by atoms with Crippen molar-refractivity contribution in [2.45, 2.75) is 25.0 Å². The molecule has 0 radical (unpaired) electrons. The Morgan fingerprint density at radius 1 is 1.43 bits per heavy atom. The molecule has 0 spiro atoms. The molecular formula is C16H19N3O3S. The molecule has 122 valence electrons. The maximum atomic E-state index is 12.9. The van der Waals surface area contributed by atoms with Crippen LogP contribution in [0.15, 0.2) is 28.1 Å². The first-order valence-corrected chi connectivity index (χ1v) is 8.79. The van der Waals surface area contributed by atoms with Crippen LogP contribution in [-0.2, 0) is 9.53 Å². The van der Waals surface area contributed by atoms with Crippen LogP contribution >= 0.6 is 11.3 Å². The molecule has 0 aliphatic carbocycles. The van der Waals surface area contributed by atoms with Crippen LogP contribution in [0.5, 0.6) is 0 Å². The van der Waals surface area contributed by atoms with E-state index in [1.807, 2.05) is 21.7 Å². The second kappa shape index (κ2) is 5.65. The van der Waals surface area contributed by atoms with E-state index in [0.29, 0.717) is 18.7 Å². The Balaban J connectivity index is 1.63. The summed E-state index contributed by atoms with van der Waals surface area (Å²) in [6.07, 6.45) is 2.17. The van der Waals surface area contributed by atoms with E-state index in [0.717, 1.165) is 30.7 Å². The number of rotatable bonds is 3. The molecule has 2 unspecified atom stereocenters. The summed E-state index contributed by atoms with van der Waals surface area (Å²) in [6.45, 7) is 1.86. The summed E-state index contributed by atoms with van der Waals surface area (Å²) in [7, 11) is 1.72. The predicted molar refractivity (Wildman–Crippen MR) is 85.9 cm³/mol. The van der Waals surface area contributed by atoms with Crippen molar-refractivity contribution in [2.24, 2.45) is 0 Å². The van der Waals surface area contributed by atoms with Crippen LogP contribution in [-0.4, -0.2) is 54.6 Å². The lowest BCUT2D eigenvalue weighted by molar-refractivity contribution is -0.127. The Kier molecular flexibility index (Phi) is 3.61. The normalized spacial score (nSPS) is 27.7. The van der Waals surface area contributed by atoms with Crippen LogP contribution in [0, 0.1) is 0 Å². The highest BCUT2D eigenvalue weighted by Gasteiger charge is 2.43. The smallest absolute Gasteiger partial charge is 0.322 e. The van der Waals surface area contributed by atoms with Gasteiger partial charge in [0.25, 0.3) is 5.91 Å². The van der Waals surface area contributed by atoms with Gasteiger partial charge in [-0.05, 0) is 35.2 Å². The average Bonchev–Trinajstić information content (AvgIpc) is 3.26. The molecule has 23 heavy (non-hydrogen) atoms. The largest absolute Gasteiger partial charge is 0.376 e. The third-order valence-electron chi connectivity index (χ3n) is 4.76. The van der Waals surface area contributed by atoms with Gasteiger partial charge in [0.15, 0.2) is 0 Å². The molecule has 4 rings (SSSR count). The third kappa shape index (κ3) is 2.44. The summed E-state index contributed by atoms with van der Waals surface area (Å²) in [4.78, 5) is 28.5. The van der Waals surface area contributed by atoms with Gasteiger partial charge >= 0.3 is 6.03 Å². The van der Waals surface area contributed by atoms with Crippen LogP contribution in [0.1, 0.15) is 24.4 Å². The summed E-state index contributed by atoms with van der Waals surface area (Å²) in [5.41, 5.74) is 2.48. The summed E-state index contributed by atoms with van der Waals surface area (Å²) >= 11 is 1.57. The first-order valence-electron chi connectivity index (χ1n) is 7.85. The fourth-order valence-electron chi connectivity index (χ4n) is 3.49. The van der Waals surface area contributed by atoms with E-state index in [2.05, 4.69) is 5.32 Å². The van der Waals surface area contributed by atoms with Gasteiger partial charge in [-0.25, -0.2) is 4.79 Å². The van der Waals surface area contributed by atoms with Crippen molar-refractivity contribution >= 4 is 23.3 Å². The number of nitrogens with one attached hydrogen (secondary N) is 1. The van der Waals surface area contributed by atoms with Crippen molar-refractivity contribution in [3.8, 4) is 0 Å². The number of carbonyl (C=O) groups excluding carboxylic acids is 2. The topological polar surface area (TPSA) is 61.9 Å². The van der Waals surface area contributed by atoms with Gasteiger partial charge in [0.1, 0.15) is 0 Å². The third-order valence-corrected chi connectivity index (χ3v) is 5.46. The summed E-state index contributed by atoms with van der Waals surface area (Å²) in [5, 5.41) is 6.89. The lowest BCUT2D eigenvalue weighted by atomic mass is 9.98. The molecule has 3 aliphatic heterocycles. The second-order valence-electron chi connectivity index (χ2n) is 6.18. The monoisotopic (exact) mass is 333 g/mol. The minimum absolute atomic E-state index is 0.0125. The molecule has 1 aromatic heterocycles. The number of thiophene rings is 1. The van der Waals surface area contributed by atoms with Crippen LogP contribution in [0.4, 0.5) is 4.79 Å². The number of carbonyl (C=O) groups is 2. The van der Waals surface area contributed by atoms with Gasteiger partial charge in [-0.3, -0.25) is 9.69 Å². The highest BCUT2D eigenvalue weighted by Crippen LogP contribution is 2.36. The molecular weight excluding hydrogens is 314 g/mol. The summed E-state index contributed by atoms with van der Waals surface area (Å²) in [5.74, 6) is 0.0125. The number of hydrogen-bond donors (Lipinski definition) is 1. The van der Waals surface area contributed by atoms with Crippen LogP contribution in [0.25, 0.3) is 0 Å². The number of urea groups is 1. The maximum Gasteiger partial charge on any atom is 0.322 e. The Morgan fingerprint density at radius 3 is 3.00 bits per heavy atom. The molecule has 6 nitrogen and oxygen atoms in total. The molecule has 0 bridgehead atoms. The Labute approximate surface area is 138 Å². The van der Waals surface area contributed by atoms with Crippen molar-refractivity contribution in [3.63, 3.8) is 0 Å². The molecule has 7 heteroatoms. The van der Waals surface area contributed by atoms with Gasteiger partial charge in [-0.15, -0.1) is 0 Å². The molecule has 0 saturated carbocycles. The van der Waals surface area contributed by atoms with E-state index in [1.54, 1.807) is 23.3 Å². The van der Waals surface area contributed by atoms with Crippen molar-refractivity contribution in [1.82, 2.24) is 15.1 Å². The molecule has 0 aromatic carbocycles. The van der Waals surface area contributed by atoms with E-state index in [-0.39, 0.29) is 24.1 Å². The fourth-order valence-corrected chi connectivity index (χ4v) is 4.18. The van der Waals surface area contributed by atoms with Crippen molar-refractivity contribution in [3.05, 3.63) is 33.7 Å². The van der Waals surface area contributed by atoms with Crippen molar-refractivity contribution in [2.75, 3.05) is 26.7 Å². The highest BCUT2D eigenvalue weighted by molar-refractivity contribution is 7.08. The van der Waals surface area contributed by atoms with Gasteiger partial charge in [0, 0.05) is 20.2 Å². The molecule has 1 saturated heterocycles. The van der Waals surface area contributed by atoms with Gasteiger partial charge in [-0.1, -0.05) is 0 Å². The zero-order valence-electron chi connectivity index (χ0n) is 12.9. The summed E-state index contributed by atoms with van der Waals surface area (Å²) < 4.78 is 5.66. The van der Waals surface area contributed by atoms with Crippen LogP contribution in [0.3, 0.4) is 0 Å². The SMILES string of the molecule is CN1C(=O)NC(c2ccsc2)C2=C1CN(CC1CCCO1)C2=O. The van der Waals surface area contributed by atoms with Gasteiger partial charge in [-0.2, -0.15) is 11.3 Å². The lowest BCUT2D eigenvalue weighted by Crippen LogP contribution is -2.45. The average molecular weight is 333 g/mol. The van der Waals surface area contributed by atoms with E-state index < -0.39 is 0 Å². The predicted octanol–water partition coefficient (Wildman–Crippen LogP) is 1.72. The minimum atomic E-state index is -0.345. The minimum Gasteiger partial charge on any atom is -0.376 e. The fraction of sp³-hybridized carbons (Fsp3) is 0.500. The van der Waals surface area contributed by atoms with Gasteiger partial charge < -0.3 is 15.0 Å².